The van der Waals surface area contributed by atoms with Gasteiger partial charge in [0.25, 0.3) is 0 Å². The van der Waals surface area contributed by atoms with Crippen LogP contribution in [-0.4, -0.2) is 14.4 Å². The van der Waals surface area contributed by atoms with Gasteiger partial charge in [-0.3, -0.25) is 4.40 Å². The Morgan fingerprint density at radius 1 is 1.14 bits per heavy atom. The molecule has 4 aromatic rings. The summed E-state index contributed by atoms with van der Waals surface area (Å²) >= 11 is 1.75. The normalized spacial score (nSPS) is 11.3. The topological polar surface area (TPSA) is 42.2 Å². The van der Waals surface area contributed by atoms with Gasteiger partial charge in [-0.2, -0.15) is 0 Å². The fourth-order valence-corrected chi connectivity index (χ4v) is 3.14. The molecule has 0 aliphatic rings. The predicted octanol–water partition coefficient (Wildman–Crippen LogP) is 3.86. The smallest absolute Gasteiger partial charge is 0.236 e. The molecule has 0 amide bonds. The molecule has 0 saturated heterocycles. The molecule has 0 atom stereocenters. The van der Waals surface area contributed by atoms with Crippen LogP contribution in [0.15, 0.2) is 47.8 Å². The summed E-state index contributed by atoms with van der Waals surface area (Å²) in [5.74, 6) is 1.77. The van der Waals surface area contributed by atoms with Crippen LogP contribution in [0.25, 0.3) is 16.8 Å². The monoisotopic (exact) mass is 294 g/mol. The maximum atomic E-state index is 4.60. The van der Waals surface area contributed by atoms with Crippen molar-refractivity contribution in [1.29, 1.82) is 0 Å². The molecule has 0 spiro atoms. The third-order valence-electron chi connectivity index (χ3n) is 3.43. The number of benzene rings is 1. The maximum Gasteiger partial charge on any atom is 0.236 e. The molecule has 104 valence electrons. The number of thiophene rings is 1. The molecule has 0 unspecified atom stereocenters. The second kappa shape index (κ2) is 4.86. The Bertz CT molecular complexity index is 909. The Morgan fingerprint density at radius 2 is 2.05 bits per heavy atom. The third kappa shape index (κ3) is 2.15. The molecule has 5 heteroatoms. The van der Waals surface area contributed by atoms with Gasteiger partial charge in [0, 0.05) is 16.6 Å². The highest BCUT2D eigenvalue weighted by Crippen LogP contribution is 2.22. The zero-order valence-corrected chi connectivity index (χ0v) is 12.4. The van der Waals surface area contributed by atoms with E-state index in [1.54, 1.807) is 11.3 Å². The zero-order chi connectivity index (χ0) is 14.2. The van der Waals surface area contributed by atoms with Gasteiger partial charge in [0.2, 0.25) is 5.78 Å². The van der Waals surface area contributed by atoms with Gasteiger partial charge >= 0.3 is 0 Å². The van der Waals surface area contributed by atoms with E-state index in [-0.39, 0.29) is 0 Å². The van der Waals surface area contributed by atoms with Crippen molar-refractivity contribution in [2.75, 3.05) is 5.32 Å². The number of nitrogens with one attached hydrogen (secondary N) is 1. The lowest BCUT2D eigenvalue weighted by molar-refractivity contribution is 1.05. The molecule has 3 heterocycles. The van der Waals surface area contributed by atoms with E-state index in [0.717, 1.165) is 34.9 Å². The van der Waals surface area contributed by atoms with Crippen molar-refractivity contribution < 1.29 is 0 Å². The minimum Gasteiger partial charge on any atom is -0.366 e. The summed E-state index contributed by atoms with van der Waals surface area (Å²) < 4.78 is 2.08. The Morgan fingerprint density at radius 3 is 2.90 bits per heavy atom. The largest absolute Gasteiger partial charge is 0.366 e. The van der Waals surface area contributed by atoms with Crippen LogP contribution in [0.1, 0.15) is 10.6 Å². The number of fused-ring (bicyclic) bond motifs is 3. The van der Waals surface area contributed by atoms with Gasteiger partial charge in [0.15, 0.2) is 0 Å². The first-order chi connectivity index (χ1) is 10.3. The lowest BCUT2D eigenvalue weighted by Crippen LogP contribution is -2.05. The molecular weight excluding hydrogens is 280 g/mol. The fraction of sp³-hybridized carbons (Fsp3) is 0.125. The summed E-state index contributed by atoms with van der Waals surface area (Å²) in [6.45, 7) is 2.80. The predicted molar refractivity (Wildman–Crippen MR) is 86.9 cm³/mol. The SMILES string of the molecule is Cc1cc(NCc2cccs2)n2c(n1)nc1ccccc12. The van der Waals surface area contributed by atoms with E-state index in [0.29, 0.717) is 0 Å². The number of hydrogen-bond donors (Lipinski definition) is 1. The van der Waals surface area contributed by atoms with Gasteiger partial charge in [-0.1, -0.05) is 18.2 Å². The average Bonchev–Trinajstić information content (AvgIpc) is 3.11. The molecule has 0 bridgehead atoms. The van der Waals surface area contributed by atoms with Gasteiger partial charge in [0.1, 0.15) is 5.82 Å². The highest BCUT2D eigenvalue weighted by Gasteiger charge is 2.10. The first-order valence-corrected chi connectivity index (χ1v) is 7.70. The summed E-state index contributed by atoms with van der Waals surface area (Å²) in [7, 11) is 0. The third-order valence-corrected chi connectivity index (χ3v) is 4.31. The number of aromatic nitrogens is 3. The molecule has 3 aromatic heterocycles. The standard InChI is InChI=1S/C16H14N4S/c1-11-9-15(17-10-12-5-4-8-21-12)20-14-7-3-2-6-13(14)19-16(20)18-11/h2-9,17H,10H2,1H3. The summed E-state index contributed by atoms with van der Waals surface area (Å²) in [4.78, 5) is 10.4. The number of aryl methyl sites for hydroxylation is 1. The van der Waals surface area contributed by atoms with Crippen molar-refractivity contribution in [3.63, 3.8) is 0 Å². The van der Waals surface area contributed by atoms with E-state index in [4.69, 9.17) is 0 Å². The van der Waals surface area contributed by atoms with Crippen LogP contribution in [0.2, 0.25) is 0 Å². The van der Waals surface area contributed by atoms with Crippen molar-refractivity contribution in [3.8, 4) is 0 Å². The van der Waals surface area contributed by atoms with Crippen LogP contribution < -0.4 is 5.32 Å². The van der Waals surface area contributed by atoms with E-state index in [1.807, 2.05) is 25.1 Å². The number of anilines is 1. The van der Waals surface area contributed by atoms with Gasteiger partial charge in [-0.05, 0) is 30.5 Å². The molecule has 0 aliphatic heterocycles. The van der Waals surface area contributed by atoms with Crippen LogP contribution in [0.4, 0.5) is 5.82 Å². The zero-order valence-electron chi connectivity index (χ0n) is 11.6. The van der Waals surface area contributed by atoms with Gasteiger partial charge in [-0.15, -0.1) is 11.3 Å². The molecule has 4 rings (SSSR count). The van der Waals surface area contributed by atoms with Crippen LogP contribution in [-0.2, 0) is 6.54 Å². The quantitative estimate of drug-likeness (QED) is 0.624. The molecule has 0 radical (unpaired) electrons. The Hall–Kier alpha value is -2.40. The molecule has 4 nitrogen and oxygen atoms in total. The number of nitrogens with zero attached hydrogens (tertiary/aromatic N) is 3. The molecule has 0 aliphatic carbocycles. The average molecular weight is 294 g/mol. The molecule has 1 aromatic carbocycles. The second-order valence-corrected chi connectivity index (χ2v) is 5.98. The lowest BCUT2D eigenvalue weighted by Gasteiger charge is -2.09. The minimum absolute atomic E-state index is 0.741. The van der Waals surface area contributed by atoms with E-state index in [1.165, 1.54) is 4.88 Å². The van der Waals surface area contributed by atoms with E-state index < -0.39 is 0 Å². The number of hydrogen-bond acceptors (Lipinski definition) is 4. The number of rotatable bonds is 3. The van der Waals surface area contributed by atoms with Crippen LogP contribution in [0, 0.1) is 6.92 Å². The van der Waals surface area contributed by atoms with E-state index in [9.17, 15) is 0 Å². The van der Waals surface area contributed by atoms with Crippen LogP contribution in [0.5, 0.6) is 0 Å². The molecule has 1 N–H and O–H groups in total. The van der Waals surface area contributed by atoms with Crippen molar-refractivity contribution in [2.45, 2.75) is 13.5 Å². The van der Waals surface area contributed by atoms with Crippen molar-refractivity contribution in [2.24, 2.45) is 0 Å². The summed E-state index contributed by atoms with van der Waals surface area (Å²) in [5, 5.41) is 5.60. The maximum absolute atomic E-state index is 4.60. The first-order valence-electron chi connectivity index (χ1n) is 6.82. The van der Waals surface area contributed by atoms with Crippen LogP contribution in [0.3, 0.4) is 0 Å². The van der Waals surface area contributed by atoms with Crippen LogP contribution >= 0.6 is 11.3 Å². The highest BCUT2D eigenvalue weighted by molar-refractivity contribution is 7.09. The van der Waals surface area contributed by atoms with Crippen molar-refractivity contribution >= 4 is 34.0 Å². The van der Waals surface area contributed by atoms with Gasteiger partial charge < -0.3 is 5.32 Å². The molecule has 0 fully saturated rings. The summed E-state index contributed by atoms with van der Waals surface area (Å²) in [6, 6.07) is 14.4. The Labute approximate surface area is 126 Å². The van der Waals surface area contributed by atoms with Gasteiger partial charge in [0.05, 0.1) is 17.6 Å². The number of imidazole rings is 1. The lowest BCUT2D eigenvalue weighted by atomic mass is 10.3. The van der Waals surface area contributed by atoms with E-state index >= 15 is 0 Å². The molecular formula is C16H14N4S. The van der Waals surface area contributed by atoms with Crippen molar-refractivity contribution in [1.82, 2.24) is 14.4 Å². The minimum atomic E-state index is 0.741. The summed E-state index contributed by atoms with van der Waals surface area (Å²) in [5.41, 5.74) is 3.01. The molecule has 21 heavy (non-hydrogen) atoms. The number of para-hydroxylation sites is 2. The van der Waals surface area contributed by atoms with E-state index in [2.05, 4.69) is 49.3 Å². The highest BCUT2D eigenvalue weighted by atomic mass is 32.1. The first kappa shape index (κ1) is 12.3. The second-order valence-electron chi connectivity index (χ2n) is 4.95. The Balaban J connectivity index is 1.86. The Kier molecular flexibility index (Phi) is 2.86. The summed E-state index contributed by atoms with van der Waals surface area (Å²) in [6.07, 6.45) is 0. The van der Waals surface area contributed by atoms with Gasteiger partial charge in [-0.25, -0.2) is 9.97 Å². The fourth-order valence-electron chi connectivity index (χ4n) is 2.50. The molecule has 0 saturated carbocycles. The van der Waals surface area contributed by atoms with Crippen molar-refractivity contribution in [3.05, 3.63) is 58.4 Å².